The Morgan fingerprint density at radius 3 is 2.63 bits per heavy atom. The maximum absolute atomic E-state index is 13.2. The Balaban J connectivity index is 1.27. The van der Waals surface area contributed by atoms with Crippen LogP contribution in [0.25, 0.3) is 27.8 Å². The molecule has 4 aromatic rings. The van der Waals surface area contributed by atoms with E-state index in [9.17, 15) is 9.59 Å². The van der Waals surface area contributed by atoms with E-state index in [1.807, 2.05) is 47.4 Å². The number of carbonyl (C=O) groups excluding carboxylic acids is 1. The van der Waals surface area contributed by atoms with Gasteiger partial charge in [-0.05, 0) is 66.6 Å². The molecular formula is C27H29N5O3. The zero-order valence-electron chi connectivity index (χ0n) is 19.6. The molecule has 1 amide bonds. The number of benzene rings is 2. The molecule has 1 aliphatic carbocycles. The summed E-state index contributed by atoms with van der Waals surface area (Å²) in [5.41, 5.74) is 9.34. The van der Waals surface area contributed by atoms with Crippen molar-refractivity contribution in [2.75, 3.05) is 19.6 Å². The summed E-state index contributed by atoms with van der Waals surface area (Å²) in [6, 6.07) is 16.0. The molecule has 6 rings (SSSR count). The molecule has 1 saturated carbocycles. The third kappa shape index (κ3) is 4.18. The van der Waals surface area contributed by atoms with E-state index in [0.717, 1.165) is 66.0 Å². The SMILES string of the molecule is NCCn1nc(C[C@@H]2CCN(C(=O)C3CC3)C2)n(-c2ccc(-c3ccc4occc4c3)cc2)c1=O. The minimum Gasteiger partial charge on any atom is -0.464 e. The van der Waals surface area contributed by atoms with Crippen LogP contribution < -0.4 is 11.4 Å². The Morgan fingerprint density at radius 1 is 1.06 bits per heavy atom. The second-order valence-electron chi connectivity index (χ2n) is 9.68. The number of rotatable bonds is 7. The van der Waals surface area contributed by atoms with Crippen LogP contribution in [0.5, 0.6) is 0 Å². The fraction of sp³-hybridized carbons (Fsp3) is 0.370. The molecule has 3 heterocycles. The van der Waals surface area contributed by atoms with E-state index >= 15 is 0 Å². The zero-order valence-corrected chi connectivity index (χ0v) is 19.6. The monoisotopic (exact) mass is 471 g/mol. The van der Waals surface area contributed by atoms with Crippen molar-refractivity contribution in [1.82, 2.24) is 19.2 Å². The number of aromatic nitrogens is 3. The van der Waals surface area contributed by atoms with Crippen LogP contribution >= 0.6 is 0 Å². The van der Waals surface area contributed by atoms with Gasteiger partial charge in [0.2, 0.25) is 5.91 Å². The third-order valence-electron chi connectivity index (χ3n) is 7.15. The van der Waals surface area contributed by atoms with Gasteiger partial charge in [-0.2, -0.15) is 5.10 Å². The summed E-state index contributed by atoms with van der Waals surface area (Å²) < 4.78 is 8.60. The minimum atomic E-state index is -0.179. The van der Waals surface area contributed by atoms with Crippen molar-refractivity contribution >= 4 is 16.9 Å². The zero-order chi connectivity index (χ0) is 23.9. The summed E-state index contributed by atoms with van der Waals surface area (Å²) in [5.74, 6) is 1.55. The summed E-state index contributed by atoms with van der Waals surface area (Å²) >= 11 is 0. The lowest BCUT2D eigenvalue weighted by molar-refractivity contribution is -0.131. The van der Waals surface area contributed by atoms with Crippen molar-refractivity contribution in [3.8, 4) is 16.8 Å². The predicted octanol–water partition coefficient (Wildman–Crippen LogP) is 3.21. The molecule has 0 bridgehead atoms. The highest BCUT2D eigenvalue weighted by Crippen LogP contribution is 2.33. The van der Waals surface area contributed by atoms with E-state index in [1.54, 1.807) is 10.8 Å². The molecule has 180 valence electrons. The van der Waals surface area contributed by atoms with Crippen LogP contribution in [0.1, 0.15) is 25.1 Å². The first kappa shape index (κ1) is 21.9. The molecule has 0 radical (unpaired) electrons. The summed E-state index contributed by atoms with van der Waals surface area (Å²) in [7, 11) is 0. The fourth-order valence-corrected chi connectivity index (χ4v) is 5.11. The van der Waals surface area contributed by atoms with Crippen molar-refractivity contribution in [3.63, 3.8) is 0 Å². The number of nitrogens with two attached hydrogens (primary N) is 1. The minimum absolute atomic E-state index is 0.179. The maximum Gasteiger partial charge on any atom is 0.350 e. The van der Waals surface area contributed by atoms with Crippen LogP contribution in [0.15, 0.2) is 64.0 Å². The molecule has 1 aliphatic heterocycles. The fourth-order valence-electron chi connectivity index (χ4n) is 5.11. The number of furan rings is 1. The number of hydrogen-bond donors (Lipinski definition) is 1. The molecule has 35 heavy (non-hydrogen) atoms. The number of likely N-dealkylation sites (tertiary alicyclic amines) is 1. The van der Waals surface area contributed by atoms with Crippen LogP contribution in [0, 0.1) is 11.8 Å². The van der Waals surface area contributed by atoms with Crippen molar-refractivity contribution < 1.29 is 9.21 Å². The Kier molecular flexibility index (Phi) is 5.53. The van der Waals surface area contributed by atoms with Crippen LogP contribution in [0.2, 0.25) is 0 Å². The summed E-state index contributed by atoms with van der Waals surface area (Å²) in [6.07, 6.45) is 5.33. The molecule has 2 fully saturated rings. The van der Waals surface area contributed by atoms with Crippen molar-refractivity contribution in [3.05, 3.63) is 71.1 Å². The van der Waals surface area contributed by atoms with Gasteiger partial charge in [-0.25, -0.2) is 14.0 Å². The van der Waals surface area contributed by atoms with Gasteiger partial charge in [0.05, 0.1) is 18.5 Å². The predicted molar refractivity (Wildman–Crippen MR) is 133 cm³/mol. The van der Waals surface area contributed by atoms with E-state index in [4.69, 9.17) is 10.2 Å². The average Bonchev–Trinajstić information content (AvgIpc) is 3.30. The van der Waals surface area contributed by atoms with E-state index < -0.39 is 0 Å². The molecular weight excluding hydrogens is 442 g/mol. The Hall–Kier alpha value is -3.65. The lowest BCUT2D eigenvalue weighted by atomic mass is 10.0. The van der Waals surface area contributed by atoms with E-state index in [1.165, 1.54) is 4.68 Å². The first-order chi connectivity index (χ1) is 17.1. The van der Waals surface area contributed by atoms with Gasteiger partial charge in [0.1, 0.15) is 11.4 Å². The topological polar surface area (TPSA) is 99.3 Å². The van der Waals surface area contributed by atoms with Gasteiger partial charge in [0.15, 0.2) is 0 Å². The largest absolute Gasteiger partial charge is 0.464 e. The smallest absolute Gasteiger partial charge is 0.350 e. The molecule has 8 nitrogen and oxygen atoms in total. The second-order valence-corrected chi connectivity index (χ2v) is 9.68. The number of carbonyl (C=O) groups is 1. The Morgan fingerprint density at radius 2 is 1.86 bits per heavy atom. The molecule has 2 aliphatic rings. The first-order valence-electron chi connectivity index (χ1n) is 12.4. The van der Waals surface area contributed by atoms with Gasteiger partial charge in [-0.3, -0.25) is 4.79 Å². The third-order valence-corrected chi connectivity index (χ3v) is 7.15. The van der Waals surface area contributed by atoms with Crippen LogP contribution in [-0.2, 0) is 17.8 Å². The standard InChI is InChI=1S/C27H29N5O3/c28-11-13-31-27(34)32(25(29-31)15-18-9-12-30(17-18)26(33)20-1-2-20)23-6-3-19(4-7-23)21-5-8-24-22(16-21)10-14-35-24/h3-8,10,14,16,18,20H,1-2,9,11-13,15,17,28H2/t18-/m0/s1. The van der Waals surface area contributed by atoms with Gasteiger partial charge in [0, 0.05) is 37.4 Å². The molecule has 8 heteroatoms. The highest BCUT2D eigenvalue weighted by molar-refractivity contribution is 5.83. The van der Waals surface area contributed by atoms with Gasteiger partial charge < -0.3 is 15.1 Å². The molecule has 1 saturated heterocycles. The van der Waals surface area contributed by atoms with E-state index in [-0.39, 0.29) is 11.6 Å². The summed E-state index contributed by atoms with van der Waals surface area (Å²) in [5, 5.41) is 5.69. The second kappa shape index (κ2) is 8.85. The lowest BCUT2D eigenvalue weighted by Gasteiger charge is -2.16. The first-order valence-corrected chi connectivity index (χ1v) is 12.4. The van der Waals surface area contributed by atoms with Crippen molar-refractivity contribution in [2.24, 2.45) is 17.6 Å². The molecule has 0 spiro atoms. The number of hydrogen-bond acceptors (Lipinski definition) is 5. The number of fused-ring (bicyclic) bond motifs is 1. The highest BCUT2D eigenvalue weighted by atomic mass is 16.3. The summed E-state index contributed by atoms with van der Waals surface area (Å²) in [6.45, 7) is 2.25. The highest BCUT2D eigenvalue weighted by Gasteiger charge is 2.37. The molecule has 1 atom stereocenters. The Bertz CT molecular complexity index is 1430. The van der Waals surface area contributed by atoms with E-state index in [0.29, 0.717) is 31.3 Å². The lowest BCUT2D eigenvalue weighted by Crippen LogP contribution is -2.30. The summed E-state index contributed by atoms with van der Waals surface area (Å²) in [4.78, 5) is 27.7. The van der Waals surface area contributed by atoms with Crippen molar-refractivity contribution in [2.45, 2.75) is 32.2 Å². The maximum atomic E-state index is 13.2. The van der Waals surface area contributed by atoms with Gasteiger partial charge in [-0.1, -0.05) is 18.2 Å². The normalized spacial score (nSPS) is 18.0. The van der Waals surface area contributed by atoms with Gasteiger partial charge in [-0.15, -0.1) is 0 Å². The van der Waals surface area contributed by atoms with Crippen LogP contribution in [-0.4, -0.2) is 44.8 Å². The number of amides is 1. The molecule has 2 aromatic heterocycles. The van der Waals surface area contributed by atoms with Crippen LogP contribution in [0.4, 0.5) is 0 Å². The van der Waals surface area contributed by atoms with E-state index in [2.05, 4.69) is 11.2 Å². The quantitative estimate of drug-likeness (QED) is 0.446. The van der Waals surface area contributed by atoms with Gasteiger partial charge in [0.25, 0.3) is 0 Å². The molecule has 0 unspecified atom stereocenters. The number of nitrogens with zero attached hydrogens (tertiary/aromatic N) is 4. The van der Waals surface area contributed by atoms with Gasteiger partial charge >= 0.3 is 5.69 Å². The van der Waals surface area contributed by atoms with Crippen molar-refractivity contribution in [1.29, 1.82) is 0 Å². The molecule has 2 aromatic carbocycles. The average molecular weight is 472 g/mol. The Labute approximate surface area is 202 Å². The van der Waals surface area contributed by atoms with Crippen LogP contribution in [0.3, 0.4) is 0 Å². The molecule has 2 N–H and O–H groups in total.